The zero-order chi connectivity index (χ0) is 14.0. The molecule has 3 atom stereocenters. The minimum atomic E-state index is -1.06. The van der Waals surface area contributed by atoms with Crippen LogP contribution >= 0.6 is 0 Å². The van der Waals surface area contributed by atoms with Crippen molar-refractivity contribution in [3.8, 4) is 0 Å². The maximum Gasteiger partial charge on any atom is 0.0940 e. The largest absolute Gasteiger partial charge is 0.394 e. The Morgan fingerprint density at radius 2 is 1.89 bits per heavy atom. The van der Waals surface area contributed by atoms with Gasteiger partial charge in [-0.25, -0.2) is 0 Å². The van der Waals surface area contributed by atoms with Crippen molar-refractivity contribution < 1.29 is 20.4 Å². The van der Waals surface area contributed by atoms with Crippen molar-refractivity contribution in [1.29, 1.82) is 0 Å². The highest BCUT2D eigenvalue weighted by Gasteiger charge is 2.42. The monoisotopic (exact) mass is 258 g/mol. The van der Waals surface area contributed by atoms with Crippen molar-refractivity contribution in [2.24, 2.45) is 5.41 Å². The first-order valence-electron chi connectivity index (χ1n) is 6.60. The minimum absolute atomic E-state index is 0.0315. The zero-order valence-electron chi connectivity index (χ0n) is 11.6. The van der Waals surface area contributed by atoms with Gasteiger partial charge in [-0.05, 0) is 31.6 Å². The van der Waals surface area contributed by atoms with Crippen LogP contribution in [0.2, 0.25) is 0 Å². The minimum Gasteiger partial charge on any atom is -0.394 e. The summed E-state index contributed by atoms with van der Waals surface area (Å²) in [6, 6.07) is 0. The second-order valence-electron chi connectivity index (χ2n) is 6.14. The molecule has 0 radical (unpaired) electrons. The van der Waals surface area contributed by atoms with Crippen molar-refractivity contribution >= 4 is 0 Å². The Bertz CT molecular complexity index is 309. The summed E-state index contributed by atoms with van der Waals surface area (Å²) in [4.78, 5) is 0. The lowest BCUT2D eigenvalue weighted by atomic mass is 9.66. The van der Waals surface area contributed by atoms with Crippen LogP contribution in [0.15, 0.2) is 11.6 Å². The van der Waals surface area contributed by atoms with Crippen molar-refractivity contribution in [2.75, 3.05) is 6.61 Å². The Hall–Kier alpha value is -0.420. The van der Waals surface area contributed by atoms with E-state index in [9.17, 15) is 15.3 Å². The van der Waals surface area contributed by atoms with Crippen molar-refractivity contribution in [2.45, 2.75) is 64.3 Å². The zero-order valence-corrected chi connectivity index (χ0v) is 11.6. The Morgan fingerprint density at radius 3 is 2.39 bits per heavy atom. The lowest BCUT2D eigenvalue weighted by molar-refractivity contribution is -0.0890. The first-order valence-corrected chi connectivity index (χ1v) is 6.60. The lowest BCUT2D eigenvalue weighted by Crippen LogP contribution is -2.46. The third kappa shape index (κ3) is 3.54. The molecule has 1 aliphatic carbocycles. The number of hydrogen-bond donors (Lipinski definition) is 4. The summed E-state index contributed by atoms with van der Waals surface area (Å²) in [6.45, 7) is 5.56. The van der Waals surface area contributed by atoms with Crippen LogP contribution in [0.5, 0.6) is 0 Å². The van der Waals surface area contributed by atoms with Gasteiger partial charge in [-0.1, -0.05) is 25.5 Å². The standard InChI is InChI=1S/C14H26O4/c1-10(16)14(18)7-6-13(2,3)11(8-14)4-5-12(17)9-15/h4,10,12,15-18H,5-9H2,1-3H3. The van der Waals surface area contributed by atoms with Gasteiger partial charge in [0.2, 0.25) is 0 Å². The summed E-state index contributed by atoms with van der Waals surface area (Å²) in [7, 11) is 0. The first kappa shape index (κ1) is 15.6. The van der Waals surface area contributed by atoms with Gasteiger partial charge in [-0.3, -0.25) is 0 Å². The number of aliphatic hydroxyl groups excluding tert-OH is 3. The molecule has 0 aromatic carbocycles. The molecule has 0 heterocycles. The van der Waals surface area contributed by atoms with E-state index >= 15 is 0 Å². The molecule has 18 heavy (non-hydrogen) atoms. The Balaban J connectivity index is 2.84. The summed E-state index contributed by atoms with van der Waals surface area (Å²) in [6.07, 6.45) is 2.57. The SMILES string of the molecule is CC(O)C1(O)CCC(C)(C)C(=CCC(O)CO)C1. The van der Waals surface area contributed by atoms with Gasteiger partial charge in [-0.15, -0.1) is 0 Å². The predicted octanol–water partition coefficient (Wildman–Crippen LogP) is 0.978. The van der Waals surface area contributed by atoms with E-state index in [0.717, 1.165) is 12.0 Å². The van der Waals surface area contributed by atoms with Crippen LogP contribution < -0.4 is 0 Å². The van der Waals surface area contributed by atoms with E-state index in [-0.39, 0.29) is 12.0 Å². The van der Waals surface area contributed by atoms with Crippen molar-refractivity contribution in [1.82, 2.24) is 0 Å². The van der Waals surface area contributed by atoms with E-state index < -0.39 is 17.8 Å². The Morgan fingerprint density at radius 1 is 1.28 bits per heavy atom. The fraction of sp³-hybridized carbons (Fsp3) is 0.857. The number of hydrogen-bond acceptors (Lipinski definition) is 4. The molecule has 0 aliphatic heterocycles. The van der Waals surface area contributed by atoms with Crippen LogP contribution in [0.25, 0.3) is 0 Å². The van der Waals surface area contributed by atoms with Gasteiger partial charge in [0.05, 0.1) is 24.4 Å². The van der Waals surface area contributed by atoms with E-state index in [1.165, 1.54) is 0 Å². The highest BCUT2D eigenvalue weighted by Crippen LogP contribution is 2.45. The normalized spacial score (nSPS) is 33.4. The van der Waals surface area contributed by atoms with E-state index in [2.05, 4.69) is 13.8 Å². The average Bonchev–Trinajstić information content (AvgIpc) is 2.30. The maximum atomic E-state index is 10.4. The molecule has 0 spiro atoms. The second kappa shape index (κ2) is 5.70. The van der Waals surface area contributed by atoms with E-state index in [1.54, 1.807) is 6.92 Å². The maximum absolute atomic E-state index is 10.4. The van der Waals surface area contributed by atoms with E-state index in [0.29, 0.717) is 19.3 Å². The average molecular weight is 258 g/mol. The molecule has 0 aromatic heterocycles. The smallest absolute Gasteiger partial charge is 0.0940 e. The molecule has 0 saturated heterocycles. The molecular formula is C14H26O4. The van der Waals surface area contributed by atoms with E-state index in [4.69, 9.17) is 5.11 Å². The molecule has 0 aromatic rings. The third-order valence-corrected chi connectivity index (χ3v) is 4.17. The van der Waals surface area contributed by atoms with Gasteiger partial charge in [-0.2, -0.15) is 0 Å². The van der Waals surface area contributed by atoms with Crippen molar-refractivity contribution in [3.63, 3.8) is 0 Å². The van der Waals surface area contributed by atoms with Crippen LogP contribution in [0, 0.1) is 5.41 Å². The molecule has 1 aliphatic rings. The molecule has 106 valence electrons. The summed E-state index contributed by atoms with van der Waals surface area (Å²) >= 11 is 0. The molecule has 4 nitrogen and oxygen atoms in total. The molecule has 3 unspecified atom stereocenters. The lowest BCUT2D eigenvalue weighted by Gasteiger charge is -2.44. The second-order valence-corrected chi connectivity index (χ2v) is 6.14. The van der Waals surface area contributed by atoms with Crippen molar-refractivity contribution in [3.05, 3.63) is 11.6 Å². The fourth-order valence-corrected chi connectivity index (χ4v) is 2.40. The van der Waals surface area contributed by atoms with Crippen LogP contribution in [-0.2, 0) is 0 Å². The predicted molar refractivity (Wildman–Crippen MR) is 70.1 cm³/mol. The highest BCUT2D eigenvalue weighted by atomic mass is 16.3. The quantitative estimate of drug-likeness (QED) is 0.567. The topological polar surface area (TPSA) is 80.9 Å². The Labute approximate surface area is 109 Å². The van der Waals surface area contributed by atoms with Crippen LogP contribution in [-0.4, -0.2) is 44.8 Å². The van der Waals surface area contributed by atoms with Gasteiger partial charge in [0.1, 0.15) is 0 Å². The summed E-state index contributed by atoms with van der Waals surface area (Å²) < 4.78 is 0. The van der Waals surface area contributed by atoms with Gasteiger partial charge < -0.3 is 20.4 Å². The molecule has 0 bridgehead atoms. The van der Waals surface area contributed by atoms with Crippen LogP contribution in [0.4, 0.5) is 0 Å². The molecule has 4 N–H and O–H groups in total. The van der Waals surface area contributed by atoms with Crippen LogP contribution in [0.3, 0.4) is 0 Å². The molecular weight excluding hydrogens is 232 g/mol. The molecule has 1 fully saturated rings. The third-order valence-electron chi connectivity index (χ3n) is 4.17. The van der Waals surface area contributed by atoms with Gasteiger partial charge >= 0.3 is 0 Å². The molecule has 4 heteroatoms. The fourth-order valence-electron chi connectivity index (χ4n) is 2.40. The summed E-state index contributed by atoms with van der Waals surface area (Å²) in [5, 5.41) is 38.3. The Kier molecular flexibility index (Phi) is 4.95. The first-order chi connectivity index (χ1) is 8.21. The molecule has 1 saturated carbocycles. The number of rotatable bonds is 4. The molecule has 0 amide bonds. The van der Waals surface area contributed by atoms with E-state index in [1.807, 2.05) is 6.08 Å². The van der Waals surface area contributed by atoms with Gasteiger partial charge in [0, 0.05) is 6.42 Å². The van der Waals surface area contributed by atoms with Gasteiger partial charge in [0.15, 0.2) is 0 Å². The summed E-state index contributed by atoms with van der Waals surface area (Å²) in [5.74, 6) is 0. The van der Waals surface area contributed by atoms with Crippen LogP contribution in [0.1, 0.15) is 46.5 Å². The summed E-state index contributed by atoms with van der Waals surface area (Å²) in [5.41, 5.74) is -0.0494. The highest BCUT2D eigenvalue weighted by molar-refractivity contribution is 5.20. The van der Waals surface area contributed by atoms with Gasteiger partial charge in [0.25, 0.3) is 0 Å². The molecule has 1 rings (SSSR count). The number of aliphatic hydroxyl groups is 4.